The van der Waals surface area contributed by atoms with Gasteiger partial charge in [0.15, 0.2) is 0 Å². The molecule has 0 spiro atoms. The van der Waals surface area contributed by atoms with Crippen LogP contribution in [0.4, 0.5) is 4.79 Å². The second-order valence-electron chi connectivity index (χ2n) is 2.72. The standard InChI is InChI=1S/C9H8O.C5H11NO2/c1-2-3-4-5-6-7-8-9-10;1-3-6-5(7)8-4-2/h1,10H,3-4,9H2;3-4H2,1-2H3,(H,6,7). The van der Waals surface area contributed by atoms with E-state index in [2.05, 4.69) is 39.7 Å². The smallest absolute Gasteiger partial charge is 0.407 e. The molecule has 0 unspecified atom stereocenters. The maximum atomic E-state index is 10.3. The van der Waals surface area contributed by atoms with Crippen molar-refractivity contribution in [3.63, 3.8) is 0 Å². The number of unbranched alkanes of at least 4 members (excludes halogenated alkanes) is 1. The van der Waals surface area contributed by atoms with Crippen LogP contribution in [-0.4, -0.2) is 31.0 Å². The second-order valence-corrected chi connectivity index (χ2v) is 2.72. The van der Waals surface area contributed by atoms with Gasteiger partial charge in [-0.1, -0.05) is 11.8 Å². The Hall–Kier alpha value is -2.09. The number of ether oxygens (including phenoxy) is 1. The van der Waals surface area contributed by atoms with Crippen molar-refractivity contribution in [1.29, 1.82) is 0 Å². The molecule has 0 rings (SSSR count). The average Bonchev–Trinajstić information content (AvgIpc) is 2.35. The highest BCUT2D eigenvalue weighted by Crippen LogP contribution is 1.80. The zero-order chi connectivity index (χ0) is 14.1. The van der Waals surface area contributed by atoms with Crippen LogP contribution in [0.1, 0.15) is 26.7 Å². The van der Waals surface area contributed by atoms with E-state index in [4.69, 9.17) is 11.5 Å². The van der Waals surface area contributed by atoms with Crippen LogP contribution in [0, 0.1) is 36.0 Å². The van der Waals surface area contributed by atoms with Crippen molar-refractivity contribution in [2.24, 2.45) is 0 Å². The van der Waals surface area contributed by atoms with Crippen LogP contribution < -0.4 is 5.32 Å². The average molecular weight is 249 g/mol. The molecule has 98 valence electrons. The van der Waals surface area contributed by atoms with E-state index in [-0.39, 0.29) is 12.7 Å². The zero-order valence-corrected chi connectivity index (χ0v) is 10.9. The first-order valence-electron chi connectivity index (χ1n) is 5.63. The number of rotatable bonds is 3. The highest BCUT2D eigenvalue weighted by molar-refractivity contribution is 5.66. The number of alkyl carbamates (subject to hydrolysis) is 1. The summed E-state index contributed by atoms with van der Waals surface area (Å²) < 4.78 is 4.53. The SMILES string of the molecule is C#CCCC#CC#CCO.CCNC(=O)OCC. The van der Waals surface area contributed by atoms with Gasteiger partial charge in [-0.25, -0.2) is 4.79 Å². The molecule has 2 N–H and O–H groups in total. The first kappa shape index (κ1) is 18.3. The molecular weight excluding hydrogens is 230 g/mol. The van der Waals surface area contributed by atoms with Crippen molar-refractivity contribution >= 4 is 6.09 Å². The Labute approximate surface area is 109 Å². The minimum Gasteiger partial charge on any atom is -0.450 e. The van der Waals surface area contributed by atoms with Gasteiger partial charge in [0.25, 0.3) is 0 Å². The first-order chi connectivity index (χ1) is 8.72. The van der Waals surface area contributed by atoms with Gasteiger partial charge in [-0.3, -0.25) is 0 Å². The topological polar surface area (TPSA) is 58.6 Å². The number of terminal acetylenes is 1. The fourth-order valence-electron chi connectivity index (χ4n) is 0.652. The van der Waals surface area contributed by atoms with Gasteiger partial charge >= 0.3 is 6.09 Å². The predicted octanol–water partition coefficient (Wildman–Crippen LogP) is 1.15. The lowest BCUT2D eigenvalue weighted by Gasteiger charge is -1.99. The van der Waals surface area contributed by atoms with Crippen LogP contribution >= 0.6 is 0 Å². The van der Waals surface area contributed by atoms with Gasteiger partial charge in [0.2, 0.25) is 0 Å². The lowest BCUT2D eigenvalue weighted by atomic mass is 10.3. The van der Waals surface area contributed by atoms with E-state index in [0.29, 0.717) is 26.0 Å². The number of carbonyl (C=O) groups excluding carboxylic acids is 1. The molecule has 0 aliphatic rings. The van der Waals surface area contributed by atoms with Crippen LogP contribution in [-0.2, 0) is 4.74 Å². The molecule has 0 aromatic rings. The Morgan fingerprint density at radius 1 is 1.28 bits per heavy atom. The van der Waals surface area contributed by atoms with Gasteiger partial charge in [-0.05, 0) is 25.7 Å². The van der Waals surface area contributed by atoms with E-state index in [0.717, 1.165) is 0 Å². The summed E-state index contributed by atoms with van der Waals surface area (Å²) in [5.41, 5.74) is 0. The number of amides is 1. The van der Waals surface area contributed by atoms with Gasteiger partial charge in [-0.15, -0.1) is 12.3 Å². The Morgan fingerprint density at radius 2 is 1.94 bits per heavy atom. The highest BCUT2D eigenvalue weighted by atomic mass is 16.5. The molecule has 4 heteroatoms. The van der Waals surface area contributed by atoms with Crippen molar-refractivity contribution in [3.8, 4) is 36.0 Å². The van der Waals surface area contributed by atoms with Crippen molar-refractivity contribution in [2.75, 3.05) is 19.8 Å². The van der Waals surface area contributed by atoms with Crippen molar-refractivity contribution in [2.45, 2.75) is 26.7 Å². The Kier molecular flexibility index (Phi) is 17.6. The Morgan fingerprint density at radius 3 is 2.44 bits per heavy atom. The van der Waals surface area contributed by atoms with E-state index >= 15 is 0 Å². The normalized spacial score (nSPS) is 7.00. The first-order valence-corrected chi connectivity index (χ1v) is 5.63. The third kappa shape index (κ3) is 19.5. The van der Waals surface area contributed by atoms with Gasteiger partial charge in [0.1, 0.15) is 6.61 Å². The maximum Gasteiger partial charge on any atom is 0.407 e. The van der Waals surface area contributed by atoms with Gasteiger partial charge in [0.05, 0.1) is 6.61 Å². The lowest BCUT2D eigenvalue weighted by Crippen LogP contribution is -2.23. The zero-order valence-electron chi connectivity index (χ0n) is 10.9. The summed E-state index contributed by atoms with van der Waals surface area (Å²) in [6.07, 6.45) is 5.98. The fraction of sp³-hybridized carbons (Fsp3) is 0.500. The third-order valence-electron chi connectivity index (χ3n) is 1.31. The Bertz CT molecular complexity index is 352. The van der Waals surface area contributed by atoms with E-state index in [1.165, 1.54) is 0 Å². The Balaban J connectivity index is 0. The summed E-state index contributed by atoms with van der Waals surface area (Å²) >= 11 is 0. The van der Waals surface area contributed by atoms with E-state index in [1.54, 1.807) is 6.92 Å². The van der Waals surface area contributed by atoms with E-state index < -0.39 is 0 Å². The number of aliphatic hydroxyl groups is 1. The lowest BCUT2D eigenvalue weighted by molar-refractivity contribution is 0.153. The summed E-state index contributed by atoms with van der Waals surface area (Å²) in [4.78, 5) is 10.3. The molecule has 0 bridgehead atoms. The molecule has 0 aromatic heterocycles. The monoisotopic (exact) mass is 249 g/mol. The molecule has 0 heterocycles. The molecule has 0 atom stereocenters. The van der Waals surface area contributed by atoms with Crippen molar-refractivity contribution < 1.29 is 14.6 Å². The number of hydrogen-bond acceptors (Lipinski definition) is 3. The summed E-state index contributed by atoms with van der Waals surface area (Å²) in [5, 5.41) is 10.7. The quantitative estimate of drug-likeness (QED) is 0.583. The number of hydrogen-bond donors (Lipinski definition) is 2. The van der Waals surface area contributed by atoms with Crippen LogP contribution in [0.5, 0.6) is 0 Å². The predicted molar refractivity (Wildman–Crippen MR) is 71.4 cm³/mol. The molecule has 0 aliphatic heterocycles. The van der Waals surface area contributed by atoms with Gasteiger partial charge in [-0.2, -0.15) is 0 Å². The molecular formula is C14H19NO3. The molecule has 4 nitrogen and oxygen atoms in total. The molecule has 18 heavy (non-hydrogen) atoms. The molecule has 0 saturated heterocycles. The molecule has 0 fully saturated rings. The third-order valence-corrected chi connectivity index (χ3v) is 1.31. The largest absolute Gasteiger partial charge is 0.450 e. The van der Waals surface area contributed by atoms with Crippen molar-refractivity contribution in [3.05, 3.63) is 0 Å². The molecule has 0 radical (unpaired) electrons. The molecule has 0 aliphatic carbocycles. The minimum absolute atomic E-state index is 0.135. The van der Waals surface area contributed by atoms with Crippen molar-refractivity contribution in [1.82, 2.24) is 5.32 Å². The van der Waals surface area contributed by atoms with Crippen LogP contribution in [0.15, 0.2) is 0 Å². The van der Waals surface area contributed by atoms with Gasteiger partial charge in [0, 0.05) is 19.4 Å². The minimum atomic E-state index is -0.338. The van der Waals surface area contributed by atoms with E-state index in [1.807, 2.05) is 6.92 Å². The summed E-state index contributed by atoms with van der Waals surface area (Å²) in [6.45, 7) is 4.54. The van der Waals surface area contributed by atoms with Gasteiger partial charge < -0.3 is 15.2 Å². The maximum absolute atomic E-state index is 10.3. The fourth-order valence-corrected chi connectivity index (χ4v) is 0.652. The number of carbonyl (C=O) groups is 1. The highest BCUT2D eigenvalue weighted by Gasteiger charge is 1.92. The van der Waals surface area contributed by atoms with Crippen LogP contribution in [0.2, 0.25) is 0 Å². The summed E-state index contributed by atoms with van der Waals surface area (Å²) in [7, 11) is 0. The van der Waals surface area contributed by atoms with E-state index in [9.17, 15) is 4.79 Å². The number of aliphatic hydroxyl groups excluding tert-OH is 1. The molecule has 1 amide bonds. The van der Waals surface area contributed by atoms with Crippen LogP contribution in [0.25, 0.3) is 0 Å². The summed E-state index contributed by atoms with van der Waals surface area (Å²) in [5.74, 6) is 12.6. The molecule has 0 saturated carbocycles. The van der Waals surface area contributed by atoms with Crippen LogP contribution in [0.3, 0.4) is 0 Å². The summed E-state index contributed by atoms with van der Waals surface area (Å²) in [6, 6.07) is 0. The number of nitrogens with one attached hydrogen (secondary N) is 1. The molecule has 0 aromatic carbocycles. The second kappa shape index (κ2) is 17.3.